The number of para-hydroxylation sites is 3. The van der Waals surface area contributed by atoms with Crippen molar-refractivity contribution < 1.29 is 4.42 Å². The van der Waals surface area contributed by atoms with Crippen LogP contribution in [-0.2, 0) is 0 Å². The molecular formula is C38H19N3OS. The van der Waals surface area contributed by atoms with Gasteiger partial charge in [-0.3, -0.25) is 0 Å². The summed E-state index contributed by atoms with van der Waals surface area (Å²) in [5.41, 5.74) is 8.11. The van der Waals surface area contributed by atoms with E-state index in [4.69, 9.17) is 11.0 Å². The van der Waals surface area contributed by atoms with Crippen molar-refractivity contribution in [1.82, 2.24) is 4.57 Å². The Morgan fingerprint density at radius 1 is 0.674 bits per heavy atom. The minimum Gasteiger partial charge on any atom is -0.455 e. The van der Waals surface area contributed by atoms with Gasteiger partial charge in [0.1, 0.15) is 11.2 Å². The first-order valence-corrected chi connectivity index (χ1v) is 14.8. The topological polar surface area (TPSA) is 46.2 Å². The lowest BCUT2D eigenvalue weighted by Crippen LogP contribution is -1.93. The third-order valence-corrected chi connectivity index (χ3v) is 9.70. The zero-order valence-corrected chi connectivity index (χ0v) is 23.4. The molecule has 0 bridgehead atoms. The van der Waals surface area contributed by atoms with Crippen molar-refractivity contribution in [2.24, 2.45) is 0 Å². The molecule has 0 aliphatic heterocycles. The summed E-state index contributed by atoms with van der Waals surface area (Å²) in [5, 5.41) is 16.1. The lowest BCUT2D eigenvalue weighted by Gasteiger charge is -2.09. The average molecular weight is 566 g/mol. The van der Waals surface area contributed by atoms with E-state index in [1.807, 2.05) is 48.5 Å². The van der Waals surface area contributed by atoms with E-state index in [2.05, 4.69) is 82.2 Å². The Kier molecular flexibility index (Phi) is 4.87. The Balaban J connectivity index is 1.34. The minimum absolute atomic E-state index is 0.633. The van der Waals surface area contributed by atoms with Gasteiger partial charge in [-0.2, -0.15) is 5.26 Å². The summed E-state index contributed by atoms with van der Waals surface area (Å²) in [4.78, 5) is 4.01. The number of thiophene rings is 1. The molecule has 43 heavy (non-hydrogen) atoms. The van der Waals surface area contributed by atoms with Gasteiger partial charge in [0.2, 0.25) is 5.69 Å². The number of aromatic nitrogens is 1. The molecule has 4 nitrogen and oxygen atoms in total. The first kappa shape index (κ1) is 23.8. The van der Waals surface area contributed by atoms with Gasteiger partial charge in [0.05, 0.1) is 39.6 Å². The molecule has 5 heteroatoms. The van der Waals surface area contributed by atoms with E-state index < -0.39 is 0 Å². The van der Waals surface area contributed by atoms with Gasteiger partial charge in [0.15, 0.2) is 0 Å². The van der Waals surface area contributed by atoms with Gasteiger partial charge in [-0.1, -0.05) is 66.7 Å². The summed E-state index contributed by atoms with van der Waals surface area (Å²) in [6.07, 6.45) is 0. The lowest BCUT2D eigenvalue weighted by atomic mass is 9.99. The Morgan fingerprint density at radius 3 is 2.33 bits per heavy atom. The zero-order chi connectivity index (χ0) is 28.7. The van der Waals surface area contributed by atoms with Gasteiger partial charge < -0.3 is 8.98 Å². The molecule has 0 radical (unpaired) electrons. The molecule has 0 saturated carbocycles. The van der Waals surface area contributed by atoms with Gasteiger partial charge in [-0.05, 0) is 59.5 Å². The summed E-state index contributed by atoms with van der Waals surface area (Å²) >= 11 is 1.66. The van der Waals surface area contributed by atoms with Crippen molar-refractivity contribution >= 4 is 80.9 Å². The molecule has 198 valence electrons. The molecule has 6 aromatic carbocycles. The van der Waals surface area contributed by atoms with Crippen LogP contribution in [0.2, 0.25) is 0 Å². The quantitative estimate of drug-likeness (QED) is 0.196. The summed E-state index contributed by atoms with van der Waals surface area (Å²) in [7, 11) is 0. The van der Waals surface area contributed by atoms with Crippen LogP contribution in [0.1, 0.15) is 5.56 Å². The molecule has 0 N–H and O–H groups in total. The highest BCUT2D eigenvalue weighted by atomic mass is 32.1. The minimum atomic E-state index is 0.633. The first-order chi connectivity index (χ1) is 21.2. The molecule has 0 saturated heterocycles. The predicted molar refractivity (Wildman–Crippen MR) is 177 cm³/mol. The number of furan rings is 1. The van der Waals surface area contributed by atoms with Gasteiger partial charge in [-0.25, -0.2) is 4.85 Å². The Bertz CT molecular complexity index is 2710. The van der Waals surface area contributed by atoms with Gasteiger partial charge in [0.25, 0.3) is 0 Å². The van der Waals surface area contributed by atoms with E-state index in [9.17, 15) is 5.26 Å². The summed E-state index contributed by atoms with van der Waals surface area (Å²) in [6, 6.07) is 41.4. The van der Waals surface area contributed by atoms with Crippen molar-refractivity contribution in [3.63, 3.8) is 0 Å². The highest BCUT2D eigenvalue weighted by Crippen LogP contribution is 2.47. The van der Waals surface area contributed by atoms with E-state index in [1.54, 1.807) is 11.3 Å². The number of rotatable bonds is 2. The summed E-state index contributed by atoms with van der Waals surface area (Å²) in [6.45, 7) is 8.13. The van der Waals surface area contributed by atoms with Crippen LogP contribution in [0.25, 0.3) is 85.6 Å². The number of fused-ring (bicyclic) bond motifs is 9. The smallest absolute Gasteiger partial charge is 0.205 e. The van der Waals surface area contributed by atoms with Crippen molar-refractivity contribution in [1.29, 1.82) is 5.26 Å². The average Bonchev–Trinajstić information content (AvgIpc) is 3.73. The number of benzene rings is 6. The van der Waals surface area contributed by atoms with Crippen LogP contribution in [0.3, 0.4) is 0 Å². The second-order valence-corrected chi connectivity index (χ2v) is 11.7. The fourth-order valence-electron chi connectivity index (χ4n) is 6.56. The molecule has 3 heterocycles. The maximum Gasteiger partial charge on any atom is 0.205 e. The molecule has 0 amide bonds. The molecule has 9 rings (SSSR count). The third kappa shape index (κ3) is 3.29. The predicted octanol–water partition coefficient (Wildman–Crippen LogP) is 11.1. The zero-order valence-electron chi connectivity index (χ0n) is 22.6. The van der Waals surface area contributed by atoms with Gasteiger partial charge >= 0.3 is 0 Å². The molecule has 0 aliphatic rings. The Morgan fingerprint density at radius 2 is 1.44 bits per heavy atom. The standard InChI is InChI=1S/C38H19N3OS/c1-40-31-20-23(24-10-6-11-27-26-9-3-5-15-35(26)42-36(24)27)19-30-28-12-7-14-34(38(28)43-37(30)31)41-32-13-4-2-8-25(32)29-18-22(21-39)16-17-33(29)41/h2-20H. The van der Waals surface area contributed by atoms with Crippen LogP contribution in [0.4, 0.5) is 5.69 Å². The highest BCUT2D eigenvalue weighted by Gasteiger charge is 2.20. The first-order valence-electron chi connectivity index (χ1n) is 13.9. The normalized spacial score (nSPS) is 11.7. The van der Waals surface area contributed by atoms with E-state index >= 15 is 0 Å². The number of hydrogen-bond donors (Lipinski definition) is 0. The molecular weight excluding hydrogens is 547 g/mol. The maximum atomic E-state index is 9.58. The van der Waals surface area contributed by atoms with Crippen LogP contribution in [-0.4, -0.2) is 4.57 Å². The van der Waals surface area contributed by atoms with Crippen molar-refractivity contribution in [2.75, 3.05) is 0 Å². The summed E-state index contributed by atoms with van der Waals surface area (Å²) in [5.74, 6) is 0. The molecule has 0 aliphatic carbocycles. The van der Waals surface area contributed by atoms with Crippen molar-refractivity contribution in [3.8, 4) is 22.9 Å². The molecule has 3 aromatic heterocycles. The van der Waals surface area contributed by atoms with Crippen LogP contribution < -0.4 is 0 Å². The van der Waals surface area contributed by atoms with E-state index in [1.165, 1.54) is 0 Å². The highest BCUT2D eigenvalue weighted by molar-refractivity contribution is 7.26. The van der Waals surface area contributed by atoms with Crippen molar-refractivity contribution in [2.45, 2.75) is 0 Å². The fraction of sp³-hybridized carbons (Fsp3) is 0. The number of nitriles is 1. The Labute approximate surface area is 249 Å². The summed E-state index contributed by atoms with van der Waals surface area (Å²) < 4.78 is 10.7. The maximum absolute atomic E-state index is 9.58. The van der Waals surface area contributed by atoms with E-state index in [0.717, 1.165) is 80.7 Å². The molecule has 0 unspecified atom stereocenters. The second kappa shape index (κ2) is 8.81. The molecule has 0 spiro atoms. The largest absolute Gasteiger partial charge is 0.455 e. The molecule has 0 atom stereocenters. The molecule has 9 aromatic rings. The van der Waals surface area contributed by atoms with Crippen LogP contribution in [0.15, 0.2) is 120 Å². The van der Waals surface area contributed by atoms with E-state index in [0.29, 0.717) is 11.3 Å². The second-order valence-electron chi connectivity index (χ2n) is 10.7. The third-order valence-electron chi connectivity index (χ3n) is 8.44. The van der Waals surface area contributed by atoms with Crippen LogP contribution in [0.5, 0.6) is 0 Å². The fourth-order valence-corrected chi connectivity index (χ4v) is 7.80. The van der Waals surface area contributed by atoms with Gasteiger partial charge in [0, 0.05) is 37.2 Å². The SMILES string of the molecule is [C-]#[N+]c1cc(-c2cccc3c2oc2ccccc23)cc2c1sc1c(-n3c4ccccc4c4cc(C#N)ccc43)cccc12. The van der Waals surface area contributed by atoms with Gasteiger partial charge in [-0.15, -0.1) is 11.3 Å². The lowest BCUT2D eigenvalue weighted by molar-refractivity contribution is 0.670. The molecule has 0 fully saturated rings. The van der Waals surface area contributed by atoms with Crippen LogP contribution in [0, 0.1) is 17.9 Å². The van der Waals surface area contributed by atoms with E-state index in [-0.39, 0.29) is 0 Å². The number of nitrogens with zero attached hydrogens (tertiary/aromatic N) is 3. The monoisotopic (exact) mass is 565 g/mol. The Hall–Kier alpha value is -5.88. The number of hydrogen-bond acceptors (Lipinski definition) is 3. The van der Waals surface area contributed by atoms with Crippen LogP contribution >= 0.6 is 11.3 Å². The van der Waals surface area contributed by atoms with Crippen molar-refractivity contribution in [3.05, 3.63) is 132 Å².